The zero-order valence-corrected chi connectivity index (χ0v) is 7.72. The van der Waals surface area contributed by atoms with Crippen LogP contribution >= 0.6 is 0 Å². The van der Waals surface area contributed by atoms with E-state index in [4.69, 9.17) is 0 Å². The van der Waals surface area contributed by atoms with Gasteiger partial charge in [0.2, 0.25) is 6.17 Å². The molecule has 0 heterocycles. The van der Waals surface area contributed by atoms with E-state index >= 15 is 0 Å². The van der Waals surface area contributed by atoms with Crippen LogP contribution in [0.4, 0.5) is 30.7 Å². The Bertz CT molecular complexity index is 170. The molecule has 1 aliphatic carbocycles. The molecular formula is C4HF7Na. The molecule has 0 aromatic heterocycles. The van der Waals surface area contributed by atoms with E-state index in [-0.39, 0.29) is 29.6 Å². The van der Waals surface area contributed by atoms with Crippen LogP contribution in [0.3, 0.4) is 0 Å². The van der Waals surface area contributed by atoms with E-state index in [1.54, 1.807) is 0 Å². The zero-order valence-electron chi connectivity index (χ0n) is 5.72. The molecule has 0 aromatic carbocycles. The second-order valence-corrected chi connectivity index (χ2v) is 2.18. The predicted molar refractivity (Wildman–Crippen MR) is 25.5 cm³/mol. The van der Waals surface area contributed by atoms with Gasteiger partial charge in [0, 0.05) is 29.6 Å². The molecule has 1 fully saturated rings. The molecule has 67 valence electrons. The normalized spacial score (nSPS) is 30.2. The smallest absolute Gasteiger partial charge is 0.234 e. The number of hydrogen-bond donors (Lipinski definition) is 0. The summed E-state index contributed by atoms with van der Waals surface area (Å²) in [5.41, 5.74) is 0. The van der Waals surface area contributed by atoms with Gasteiger partial charge in [-0.2, -0.15) is 26.3 Å². The summed E-state index contributed by atoms with van der Waals surface area (Å²) in [5, 5.41) is 0. The van der Waals surface area contributed by atoms with Gasteiger partial charge in [-0.25, -0.2) is 4.39 Å². The summed E-state index contributed by atoms with van der Waals surface area (Å²) < 4.78 is 81.2. The summed E-state index contributed by atoms with van der Waals surface area (Å²) in [5.74, 6) is -16.0. The first-order valence-electron chi connectivity index (χ1n) is 2.43. The van der Waals surface area contributed by atoms with Crippen molar-refractivity contribution in [3.05, 3.63) is 0 Å². The van der Waals surface area contributed by atoms with Crippen molar-refractivity contribution in [2.75, 3.05) is 0 Å². The maximum absolute atomic E-state index is 11.6. The van der Waals surface area contributed by atoms with Gasteiger partial charge in [-0.15, -0.1) is 0 Å². The Morgan fingerprint density at radius 2 is 1.00 bits per heavy atom. The molecule has 0 aromatic rings. The maximum Gasteiger partial charge on any atom is 0.378 e. The van der Waals surface area contributed by atoms with Crippen LogP contribution in [-0.4, -0.2) is 53.5 Å². The summed E-state index contributed by atoms with van der Waals surface area (Å²) in [6.45, 7) is 0. The fourth-order valence-corrected chi connectivity index (χ4v) is 0.690. The Morgan fingerprint density at radius 3 is 1.08 bits per heavy atom. The molecular weight excluding hydrogens is 204 g/mol. The fourth-order valence-electron chi connectivity index (χ4n) is 0.690. The average molecular weight is 205 g/mol. The molecule has 0 saturated heterocycles. The molecule has 0 aliphatic heterocycles. The monoisotopic (exact) mass is 205 g/mol. The molecule has 1 radical (unpaired) electrons. The van der Waals surface area contributed by atoms with Crippen LogP contribution in [0.1, 0.15) is 0 Å². The second kappa shape index (κ2) is 2.75. The summed E-state index contributed by atoms with van der Waals surface area (Å²) in [7, 11) is 0. The van der Waals surface area contributed by atoms with Gasteiger partial charge in [0.05, 0.1) is 0 Å². The molecule has 0 amide bonds. The first kappa shape index (κ1) is 12.5. The van der Waals surface area contributed by atoms with Crippen molar-refractivity contribution in [2.45, 2.75) is 23.9 Å². The van der Waals surface area contributed by atoms with Gasteiger partial charge in [-0.3, -0.25) is 0 Å². The minimum absolute atomic E-state index is 0. The third-order valence-corrected chi connectivity index (χ3v) is 1.47. The van der Waals surface area contributed by atoms with E-state index in [1.165, 1.54) is 0 Å². The van der Waals surface area contributed by atoms with Gasteiger partial charge < -0.3 is 0 Å². The van der Waals surface area contributed by atoms with Gasteiger partial charge in [0.25, 0.3) is 0 Å². The van der Waals surface area contributed by atoms with Crippen LogP contribution in [0.2, 0.25) is 0 Å². The third kappa shape index (κ3) is 1.02. The Kier molecular flexibility index (Phi) is 2.86. The van der Waals surface area contributed by atoms with Crippen LogP contribution in [0.5, 0.6) is 0 Å². The Morgan fingerprint density at radius 1 is 0.750 bits per heavy atom. The molecule has 0 N–H and O–H groups in total. The van der Waals surface area contributed by atoms with E-state index in [0.29, 0.717) is 0 Å². The molecule has 12 heavy (non-hydrogen) atoms. The third-order valence-electron chi connectivity index (χ3n) is 1.47. The van der Waals surface area contributed by atoms with Crippen molar-refractivity contribution in [1.82, 2.24) is 0 Å². The minimum Gasteiger partial charge on any atom is -0.234 e. The van der Waals surface area contributed by atoms with Crippen molar-refractivity contribution < 1.29 is 30.7 Å². The topological polar surface area (TPSA) is 0 Å². The predicted octanol–water partition coefficient (Wildman–Crippen LogP) is 1.86. The van der Waals surface area contributed by atoms with Crippen molar-refractivity contribution in [1.29, 1.82) is 0 Å². The Labute approximate surface area is 84.4 Å². The molecule has 0 atom stereocenters. The first-order chi connectivity index (χ1) is 4.65. The molecule has 8 heteroatoms. The van der Waals surface area contributed by atoms with E-state index in [9.17, 15) is 30.7 Å². The largest absolute Gasteiger partial charge is 0.378 e. The molecule has 0 nitrogen and oxygen atoms in total. The van der Waals surface area contributed by atoms with Gasteiger partial charge >= 0.3 is 17.8 Å². The fraction of sp³-hybridized carbons (Fsp3) is 1.00. The maximum atomic E-state index is 11.6. The van der Waals surface area contributed by atoms with Gasteiger partial charge in [0.15, 0.2) is 0 Å². The van der Waals surface area contributed by atoms with Gasteiger partial charge in [-0.1, -0.05) is 0 Å². The SMILES string of the molecule is FC1C(F)(F)C(F)(F)C1(F)F.[Na]. The van der Waals surface area contributed by atoms with E-state index in [0.717, 1.165) is 0 Å². The molecule has 0 bridgehead atoms. The number of alkyl halides is 7. The minimum atomic E-state index is -5.56. The van der Waals surface area contributed by atoms with E-state index in [1.807, 2.05) is 0 Å². The molecule has 0 unspecified atom stereocenters. The zero-order chi connectivity index (χ0) is 9.08. The number of halogens is 7. The van der Waals surface area contributed by atoms with Crippen molar-refractivity contribution in [3.63, 3.8) is 0 Å². The Balaban J connectivity index is 0.00000121. The van der Waals surface area contributed by atoms with E-state index < -0.39 is 23.9 Å². The van der Waals surface area contributed by atoms with Crippen LogP contribution < -0.4 is 0 Å². The van der Waals surface area contributed by atoms with E-state index in [2.05, 4.69) is 0 Å². The quantitative estimate of drug-likeness (QED) is 0.418. The van der Waals surface area contributed by atoms with Gasteiger partial charge in [0.1, 0.15) is 0 Å². The van der Waals surface area contributed by atoms with Crippen molar-refractivity contribution in [2.24, 2.45) is 0 Å². The summed E-state index contributed by atoms with van der Waals surface area (Å²) in [6.07, 6.45) is -4.08. The summed E-state index contributed by atoms with van der Waals surface area (Å²) in [6, 6.07) is 0. The van der Waals surface area contributed by atoms with Crippen LogP contribution in [0.15, 0.2) is 0 Å². The average Bonchev–Trinajstić information content (AvgIpc) is 1.84. The first-order valence-corrected chi connectivity index (χ1v) is 2.43. The molecule has 1 aliphatic rings. The van der Waals surface area contributed by atoms with Crippen LogP contribution in [-0.2, 0) is 0 Å². The van der Waals surface area contributed by atoms with Crippen molar-refractivity contribution >= 4 is 29.6 Å². The summed E-state index contributed by atoms with van der Waals surface area (Å²) in [4.78, 5) is 0. The molecule has 0 spiro atoms. The Hall–Kier alpha value is 0.510. The number of rotatable bonds is 0. The molecule has 1 saturated carbocycles. The number of hydrogen-bond acceptors (Lipinski definition) is 0. The summed E-state index contributed by atoms with van der Waals surface area (Å²) >= 11 is 0. The molecule has 1 rings (SSSR count). The van der Waals surface area contributed by atoms with Gasteiger partial charge in [-0.05, 0) is 0 Å². The standard InChI is InChI=1S/C4HF7.Na/c5-1-2(6,7)4(10,11)3(1,8)9;/h1H;. The second-order valence-electron chi connectivity index (χ2n) is 2.18. The van der Waals surface area contributed by atoms with Crippen LogP contribution in [0, 0.1) is 0 Å². The van der Waals surface area contributed by atoms with Crippen LogP contribution in [0.25, 0.3) is 0 Å². The van der Waals surface area contributed by atoms with Crippen molar-refractivity contribution in [3.8, 4) is 0 Å².